The number of nitrogens with zero attached hydrogens (tertiary/aromatic N) is 4. The SMILES string of the molecule is CC(C)N1CCC(NCC2CCCCN2c2ccc(=O)n(C)n2)CC1. The van der Waals surface area contributed by atoms with Crippen molar-refractivity contribution in [3.8, 4) is 0 Å². The lowest BCUT2D eigenvalue weighted by Crippen LogP contribution is -2.51. The molecule has 2 aliphatic rings. The Labute approximate surface area is 151 Å². The monoisotopic (exact) mass is 347 g/mol. The summed E-state index contributed by atoms with van der Waals surface area (Å²) in [5.41, 5.74) is -0.0488. The standard InChI is InChI=1S/C19H33N5O/c1-15(2)23-12-9-16(10-13-23)20-14-17-6-4-5-11-24(17)18-7-8-19(25)22(3)21-18/h7-8,15-17,20H,4-6,9-14H2,1-3H3. The van der Waals surface area contributed by atoms with Crippen LogP contribution in [0, 0.1) is 0 Å². The van der Waals surface area contributed by atoms with Crippen molar-refractivity contribution in [1.29, 1.82) is 0 Å². The van der Waals surface area contributed by atoms with Crippen molar-refractivity contribution in [1.82, 2.24) is 20.0 Å². The second-order valence-corrected chi connectivity index (χ2v) is 7.81. The Morgan fingerprint density at radius 2 is 1.92 bits per heavy atom. The van der Waals surface area contributed by atoms with Gasteiger partial charge in [-0.2, -0.15) is 5.10 Å². The van der Waals surface area contributed by atoms with Gasteiger partial charge in [0.1, 0.15) is 5.82 Å². The van der Waals surface area contributed by atoms with Crippen LogP contribution >= 0.6 is 0 Å². The van der Waals surface area contributed by atoms with E-state index in [1.54, 1.807) is 13.1 Å². The minimum atomic E-state index is -0.0488. The minimum absolute atomic E-state index is 0.0488. The summed E-state index contributed by atoms with van der Waals surface area (Å²) in [7, 11) is 1.73. The third kappa shape index (κ3) is 4.61. The Kier molecular flexibility index (Phi) is 6.12. The fourth-order valence-corrected chi connectivity index (χ4v) is 4.08. The van der Waals surface area contributed by atoms with E-state index in [1.807, 2.05) is 6.07 Å². The lowest BCUT2D eigenvalue weighted by atomic mass is 9.99. The van der Waals surface area contributed by atoms with E-state index in [0.29, 0.717) is 18.1 Å². The van der Waals surface area contributed by atoms with Crippen LogP contribution in [-0.4, -0.2) is 59.0 Å². The van der Waals surface area contributed by atoms with Crippen LogP contribution in [0.4, 0.5) is 5.82 Å². The summed E-state index contributed by atoms with van der Waals surface area (Å²) < 4.78 is 1.44. The maximum atomic E-state index is 11.6. The molecule has 3 rings (SSSR count). The molecule has 2 saturated heterocycles. The molecular weight excluding hydrogens is 314 g/mol. The molecule has 0 aliphatic carbocycles. The Morgan fingerprint density at radius 1 is 1.16 bits per heavy atom. The van der Waals surface area contributed by atoms with E-state index in [0.717, 1.165) is 18.9 Å². The average Bonchev–Trinajstić information content (AvgIpc) is 2.63. The molecule has 1 aromatic heterocycles. The molecule has 1 aromatic rings. The smallest absolute Gasteiger partial charge is 0.266 e. The maximum Gasteiger partial charge on any atom is 0.266 e. The fourth-order valence-electron chi connectivity index (χ4n) is 4.08. The predicted octanol–water partition coefficient (Wildman–Crippen LogP) is 1.60. The third-order valence-electron chi connectivity index (χ3n) is 5.77. The largest absolute Gasteiger partial charge is 0.351 e. The summed E-state index contributed by atoms with van der Waals surface area (Å²) >= 11 is 0. The van der Waals surface area contributed by atoms with Gasteiger partial charge in [0.15, 0.2) is 0 Å². The number of hydrogen-bond donors (Lipinski definition) is 1. The molecule has 2 aliphatic heterocycles. The molecular formula is C19H33N5O. The maximum absolute atomic E-state index is 11.6. The molecule has 2 fully saturated rings. The Balaban J connectivity index is 1.56. The van der Waals surface area contributed by atoms with Crippen LogP contribution in [0.5, 0.6) is 0 Å². The van der Waals surface area contributed by atoms with Crippen molar-refractivity contribution in [2.45, 2.75) is 64.1 Å². The van der Waals surface area contributed by atoms with E-state index in [9.17, 15) is 4.79 Å². The first-order valence-electron chi connectivity index (χ1n) is 9.83. The second kappa shape index (κ2) is 8.32. The van der Waals surface area contributed by atoms with Crippen LogP contribution in [0.15, 0.2) is 16.9 Å². The van der Waals surface area contributed by atoms with Gasteiger partial charge in [-0.1, -0.05) is 0 Å². The van der Waals surface area contributed by atoms with E-state index >= 15 is 0 Å². The van der Waals surface area contributed by atoms with Crippen molar-refractivity contribution in [3.05, 3.63) is 22.5 Å². The summed E-state index contributed by atoms with van der Waals surface area (Å²) in [4.78, 5) is 16.6. The lowest BCUT2D eigenvalue weighted by Gasteiger charge is -2.39. The quantitative estimate of drug-likeness (QED) is 0.877. The first-order valence-corrected chi connectivity index (χ1v) is 9.83. The van der Waals surface area contributed by atoms with E-state index in [4.69, 9.17) is 0 Å². The Hall–Kier alpha value is -1.40. The van der Waals surface area contributed by atoms with Crippen molar-refractivity contribution in [3.63, 3.8) is 0 Å². The Morgan fingerprint density at radius 3 is 2.60 bits per heavy atom. The van der Waals surface area contributed by atoms with Crippen molar-refractivity contribution < 1.29 is 0 Å². The summed E-state index contributed by atoms with van der Waals surface area (Å²) in [6, 6.07) is 5.27. The van der Waals surface area contributed by atoms with Crippen LogP contribution in [0.2, 0.25) is 0 Å². The highest BCUT2D eigenvalue weighted by Gasteiger charge is 2.26. The van der Waals surface area contributed by atoms with E-state index in [1.165, 1.54) is 49.9 Å². The summed E-state index contributed by atoms with van der Waals surface area (Å²) in [5, 5.41) is 8.28. The van der Waals surface area contributed by atoms with E-state index < -0.39 is 0 Å². The molecule has 0 radical (unpaired) electrons. The zero-order valence-corrected chi connectivity index (χ0v) is 15.9. The van der Waals surface area contributed by atoms with Crippen LogP contribution in [-0.2, 0) is 7.05 Å². The van der Waals surface area contributed by atoms with Crippen LogP contribution in [0.25, 0.3) is 0 Å². The first kappa shape index (κ1) is 18.4. The highest BCUT2D eigenvalue weighted by molar-refractivity contribution is 5.38. The number of aromatic nitrogens is 2. The van der Waals surface area contributed by atoms with E-state index in [-0.39, 0.29) is 5.56 Å². The highest BCUT2D eigenvalue weighted by atomic mass is 16.1. The normalized spacial score (nSPS) is 23.4. The van der Waals surface area contributed by atoms with Crippen molar-refractivity contribution >= 4 is 5.82 Å². The number of anilines is 1. The minimum Gasteiger partial charge on any atom is -0.351 e. The van der Waals surface area contributed by atoms with Gasteiger partial charge in [-0.3, -0.25) is 4.79 Å². The van der Waals surface area contributed by atoms with Gasteiger partial charge in [-0.25, -0.2) is 4.68 Å². The molecule has 25 heavy (non-hydrogen) atoms. The van der Waals surface area contributed by atoms with Gasteiger partial charge in [0, 0.05) is 44.3 Å². The molecule has 0 saturated carbocycles. The van der Waals surface area contributed by atoms with Gasteiger partial charge in [-0.05, 0) is 65.1 Å². The fraction of sp³-hybridized carbons (Fsp3) is 0.789. The molecule has 0 bridgehead atoms. The topological polar surface area (TPSA) is 53.4 Å². The van der Waals surface area contributed by atoms with Gasteiger partial charge in [0.05, 0.1) is 0 Å². The summed E-state index contributed by atoms with van der Waals surface area (Å²) in [6.45, 7) is 9.01. The zero-order valence-electron chi connectivity index (χ0n) is 15.9. The van der Waals surface area contributed by atoms with Crippen LogP contribution in [0.1, 0.15) is 46.0 Å². The second-order valence-electron chi connectivity index (χ2n) is 7.81. The number of rotatable bonds is 5. The Bertz CT molecular complexity index is 606. The van der Waals surface area contributed by atoms with E-state index in [2.05, 4.69) is 34.1 Å². The summed E-state index contributed by atoms with van der Waals surface area (Å²) in [5.74, 6) is 0.934. The zero-order chi connectivity index (χ0) is 17.8. The number of nitrogens with one attached hydrogen (secondary N) is 1. The lowest BCUT2D eigenvalue weighted by molar-refractivity contribution is 0.160. The molecule has 6 heteroatoms. The molecule has 0 amide bonds. The van der Waals surface area contributed by atoms with Crippen molar-refractivity contribution in [2.24, 2.45) is 7.05 Å². The first-order chi connectivity index (χ1) is 12.0. The third-order valence-corrected chi connectivity index (χ3v) is 5.77. The summed E-state index contributed by atoms with van der Waals surface area (Å²) in [6.07, 6.45) is 6.16. The number of likely N-dealkylation sites (tertiary alicyclic amines) is 1. The van der Waals surface area contributed by atoms with Crippen molar-refractivity contribution in [2.75, 3.05) is 31.1 Å². The number of aryl methyl sites for hydroxylation is 1. The van der Waals surface area contributed by atoms with Gasteiger partial charge < -0.3 is 15.1 Å². The molecule has 0 spiro atoms. The van der Waals surface area contributed by atoms with Gasteiger partial charge in [0.25, 0.3) is 5.56 Å². The van der Waals surface area contributed by atoms with Crippen LogP contribution in [0.3, 0.4) is 0 Å². The highest BCUT2D eigenvalue weighted by Crippen LogP contribution is 2.22. The number of piperidine rings is 2. The number of hydrogen-bond acceptors (Lipinski definition) is 5. The van der Waals surface area contributed by atoms with Crippen LogP contribution < -0.4 is 15.8 Å². The van der Waals surface area contributed by atoms with Gasteiger partial charge >= 0.3 is 0 Å². The molecule has 1 N–H and O–H groups in total. The molecule has 140 valence electrons. The predicted molar refractivity (Wildman–Crippen MR) is 102 cm³/mol. The average molecular weight is 348 g/mol. The van der Waals surface area contributed by atoms with Gasteiger partial charge in [0.2, 0.25) is 0 Å². The van der Waals surface area contributed by atoms with Gasteiger partial charge in [-0.15, -0.1) is 0 Å². The molecule has 0 aromatic carbocycles. The molecule has 1 atom stereocenters. The molecule has 3 heterocycles. The molecule has 1 unspecified atom stereocenters. The molecule has 6 nitrogen and oxygen atoms in total.